The normalized spacial score (nSPS) is 12.8. The second kappa shape index (κ2) is 5.98. The van der Waals surface area contributed by atoms with Gasteiger partial charge in [0.05, 0.1) is 19.8 Å². The summed E-state index contributed by atoms with van der Waals surface area (Å²) in [6, 6.07) is 7.31. The molecule has 1 unspecified atom stereocenters. The van der Waals surface area contributed by atoms with E-state index in [2.05, 4.69) is 0 Å². The summed E-state index contributed by atoms with van der Waals surface area (Å²) < 4.78 is 5.16. The Bertz CT molecular complexity index is 278. The standard InChI is InChI=1S/C10H13ClO3/c11-9-3-1-2-8(4-9)6-14-7-10(13)5-12/h1-4,10,12-13H,5-7H2. The van der Waals surface area contributed by atoms with Gasteiger partial charge in [0.15, 0.2) is 0 Å². The monoisotopic (exact) mass is 216 g/mol. The van der Waals surface area contributed by atoms with Crippen molar-refractivity contribution in [1.29, 1.82) is 0 Å². The fourth-order valence-electron chi connectivity index (χ4n) is 0.992. The maximum atomic E-state index is 8.99. The summed E-state index contributed by atoms with van der Waals surface area (Å²) in [6.45, 7) is 0.232. The van der Waals surface area contributed by atoms with Crippen molar-refractivity contribution >= 4 is 11.6 Å². The largest absolute Gasteiger partial charge is 0.394 e. The van der Waals surface area contributed by atoms with Crippen LogP contribution < -0.4 is 0 Å². The van der Waals surface area contributed by atoms with Crippen LogP contribution in [0.2, 0.25) is 5.02 Å². The van der Waals surface area contributed by atoms with Crippen molar-refractivity contribution < 1.29 is 14.9 Å². The lowest BCUT2D eigenvalue weighted by Gasteiger charge is -2.08. The van der Waals surface area contributed by atoms with E-state index < -0.39 is 6.10 Å². The second-order valence-electron chi connectivity index (χ2n) is 2.98. The van der Waals surface area contributed by atoms with Crippen molar-refractivity contribution in [2.24, 2.45) is 0 Å². The first-order chi connectivity index (χ1) is 6.72. The van der Waals surface area contributed by atoms with Gasteiger partial charge in [0.2, 0.25) is 0 Å². The van der Waals surface area contributed by atoms with Crippen molar-refractivity contribution in [3.63, 3.8) is 0 Å². The summed E-state index contributed by atoms with van der Waals surface area (Å²) >= 11 is 5.77. The lowest BCUT2D eigenvalue weighted by molar-refractivity contribution is 0.0000268. The molecule has 0 aliphatic heterocycles. The number of aliphatic hydroxyl groups is 2. The quantitative estimate of drug-likeness (QED) is 0.778. The smallest absolute Gasteiger partial charge is 0.100 e. The van der Waals surface area contributed by atoms with Crippen molar-refractivity contribution in [2.45, 2.75) is 12.7 Å². The zero-order valence-corrected chi connectivity index (χ0v) is 8.44. The van der Waals surface area contributed by atoms with Crippen molar-refractivity contribution in [2.75, 3.05) is 13.2 Å². The Labute approximate surface area is 87.9 Å². The Morgan fingerprint density at radius 1 is 1.43 bits per heavy atom. The lowest BCUT2D eigenvalue weighted by Crippen LogP contribution is -2.19. The van der Waals surface area contributed by atoms with Crippen molar-refractivity contribution in [3.05, 3.63) is 34.9 Å². The Hall–Kier alpha value is -0.610. The van der Waals surface area contributed by atoms with Crippen LogP contribution in [-0.2, 0) is 11.3 Å². The van der Waals surface area contributed by atoms with Gasteiger partial charge in [-0.3, -0.25) is 0 Å². The number of benzene rings is 1. The van der Waals surface area contributed by atoms with E-state index in [1.165, 1.54) is 0 Å². The molecule has 0 amide bonds. The minimum Gasteiger partial charge on any atom is -0.394 e. The molecule has 1 atom stereocenters. The van der Waals surface area contributed by atoms with Crippen LogP contribution >= 0.6 is 11.6 Å². The molecule has 1 aromatic carbocycles. The van der Waals surface area contributed by atoms with Gasteiger partial charge in [0, 0.05) is 5.02 Å². The Morgan fingerprint density at radius 2 is 2.21 bits per heavy atom. The molecule has 14 heavy (non-hydrogen) atoms. The van der Waals surface area contributed by atoms with Crippen molar-refractivity contribution in [1.82, 2.24) is 0 Å². The average molecular weight is 217 g/mol. The van der Waals surface area contributed by atoms with Crippen LogP contribution in [0.25, 0.3) is 0 Å². The molecule has 0 radical (unpaired) electrons. The Kier molecular flexibility index (Phi) is 4.90. The van der Waals surface area contributed by atoms with Gasteiger partial charge in [-0.15, -0.1) is 0 Å². The highest BCUT2D eigenvalue weighted by atomic mass is 35.5. The zero-order valence-electron chi connectivity index (χ0n) is 7.69. The van der Waals surface area contributed by atoms with Crippen molar-refractivity contribution in [3.8, 4) is 0 Å². The number of ether oxygens (including phenoxy) is 1. The third-order valence-corrected chi connectivity index (χ3v) is 1.91. The fourth-order valence-corrected chi connectivity index (χ4v) is 1.21. The van der Waals surface area contributed by atoms with Crippen LogP contribution in [-0.4, -0.2) is 29.5 Å². The van der Waals surface area contributed by atoms with Gasteiger partial charge in [-0.2, -0.15) is 0 Å². The molecule has 0 saturated heterocycles. The van der Waals surface area contributed by atoms with Gasteiger partial charge >= 0.3 is 0 Å². The molecule has 1 aromatic rings. The van der Waals surface area contributed by atoms with E-state index in [1.54, 1.807) is 12.1 Å². The molecule has 2 N–H and O–H groups in total. The Morgan fingerprint density at radius 3 is 2.86 bits per heavy atom. The highest BCUT2D eigenvalue weighted by Crippen LogP contribution is 2.11. The Balaban J connectivity index is 2.31. The minimum absolute atomic E-state index is 0.128. The van der Waals surface area contributed by atoms with Crippen LogP contribution in [0.5, 0.6) is 0 Å². The summed E-state index contributed by atoms with van der Waals surface area (Å²) in [5.41, 5.74) is 0.947. The molecule has 1 rings (SSSR count). The van der Waals surface area contributed by atoms with E-state index in [0.29, 0.717) is 11.6 Å². The summed E-state index contributed by atoms with van der Waals surface area (Å²) in [4.78, 5) is 0. The first-order valence-corrected chi connectivity index (χ1v) is 4.71. The number of hydrogen-bond donors (Lipinski definition) is 2. The third-order valence-electron chi connectivity index (χ3n) is 1.68. The SMILES string of the molecule is OCC(O)COCc1cccc(Cl)c1. The van der Waals surface area contributed by atoms with Crippen LogP contribution in [0.1, 0.15) is 5.56 Å². The van der Waals surface area contributed by atoms with Gasteiger partial charge in [0.25, 0.3) is 0 Å². The molecular weight excluding hydrogens is 204 g/mol. The number of hydrogen-bond acceptors (Lipinski definition) is 3. The first-order valence-electron chi connectivity index (χ1n) is 4.33. The minimum atomic E-state index is -0.811. The molecule has 0 spiro atoms. The molecule has 78 valence electrons. The van der Waals surface area contributed by atoms with E-state index in [0.717, 1.165) is 5.56 Å². The lowest BCUT2D eigenvalue weighted by atomic mass is 10.2. The maximum Gasteiger partial charge on any atom is 0.100 e. The molecule has 3 nitrogen and oxygen atoms in total. The topological polar surface area (TPSA) is 49.7 Å². The van der Waals surface area contributed by atoms with Crippen LogP contribution in [0.15, 0.2) is 24.3 Å². The molecule has 0 aliphatic carbocycles. The van der Waals surface area contributed by atoms with Gasteiger partial charge in [-0.05, 0) is 17.7 Å². The molecule has 4 heteroatoms. The highest BCUT2D eigenvalue weighted by molar-refractivity contribution is 6.30. The van der Waals surface area contributed by atoms with Gasteiger partial charge in [-0.1, -0.05) is 23.7 Å². The van der Waals surface area contributed by atoms with E-state index in [1.807, 2.05) is 12.1 Å². The predicted octanol–water partition coefficient (Wildman–Crippen LogP) is 1.21. The molecule has 0 bridgehead atoms. The summed E-state index contributed by atoms with van der Waals surface area (Å²) in [5, 5.41) is 18.2. The van der Waals surface area contributed by atoms with Gasteiger partial charge < -0.3 is 14.9 Å². The molecule has 0 fully saturated rings. The number of aliphatic hydroxyl groups excluding tert-OH is 2. The number of halogens is 1. The highest BCUT2D eigenvalue weighted by Gasteiger charge is 2.01. The van der Waals surface area contributed by atoms with E-state index in [-0.39, 0.29) is 13.2 Å². The molecule has 0 aromatic heterocycles. The van der Waals surface area contributed by atoms with Crippen LogP contribution in [0.3, 0.4) is 0 Å². The summed E-state index contributed by atoms with van der Waals surface area (Å²) in [5.74, 6) is 0. The van der Waals surface area contributed by atoms with Gasteiger partial charge in [0.1, 0.15) is 6.10 Å². The van der Waals surface area contributed by atoms with E-state index in [4.69, 9.17) is 26.6 Å². The van der Waals surface area contributed by atoms with Gasteiger partial charge in [-0.25, -0.2) is 0 Å². The summed E-state index contributed by atoms with van der Waals surface area (Å²) in [7, 11) is 0. The first kappa shape index (κ1) is 11.5. The van der Waals surface area contributed by atoms with Crippen LogP contribution in [0.4, 0.5) is 0 Å². The van der Waals surface area contributed by atoms with E-state index >= 15 is 0 Å². The average Bonchev–Trinajstić information content (AvgIpc) is 2.17. The molecule has 0 aliphatic rings. The fraction of sp³-hybridized carbons (Fsp3) is 0.400. The van der Waals surface area contributed by atoms with Crippen LogP contribution in [0, 0.1) is 0 Å². The summed E-state index contributed by atoms with van der Waals surface area (Å²) in [6.07, 6.45) is -0.811. The number of rotatable bonds is 5. The maximum absolute atomic E-state index is 8.99. The van der Waals surface area contributed by atoms with E-state index in [9.17, 15) is 0 Å². The molecule has 0 heterocycles. The third kappa shape index (κ3) is 4.07. The second-order valence-corrected chi connectivity index (χ2v) is 3.42. The zero-order chi connectivity index (χ0) is 10.4. The molecular formula is C10H13ClO3. The predicted molar refractivity (Wildman–Crippen MR) is 54.2 cm³/mol. The molecule has 0 saturated carbocycles.